The number of carboxylic acid groups (broad SMARTS) is 1. The molecule has 0 saturated heterocycles. The number of aryl methyl sites for hydroxylation is 2. The number of nitrogens with zero attached hydrogens (tertiary/aromatic N) is 1. The predicted octanol–water partition coefficient (Wildman–Crippen LogP) is 18.0. The first-order chi connectivity index (χ1) is 41.0. The molecule has 0 bridgehead atoms. The van der Waals surface area contributed by atoms with Crippen molar-refractivity contribution >= 4 is 33.8 Å². The van der Waals surface area contributed by atoms with Crippen LogP contribution in [-0.2, 0) is 37.2 Å². The number of carbonyl (C=O) groups excluding carboxylic acids is 1. The first-order valence-electron chi connectivity index (χ1n) is 31.5. The average Bonchev–Trinajstić information content (AvgIpc) is 2.01. The predicted molar refractivity (Wildman–Crippen MR) is 342 cm³/mol. The summed E-state index contributed by atoms with van der Waals surface area (Å²) in [7, 11) is 1.63. The normalized spacial score (nSPS) is 14.0. The van der Waals surface area contributed by atoms with Crippen LogP contribution in [0.5, 0.6) is 5.75 Å². The molecule has 0 amide bonds. The van der Waals surface area contributed by atoms with Gasteiger partial charge < -0.3 is 28.8 Å². The van der Waals surface area contributed by atoms with Crippen molar-refractivity contribution in [2.45, 2.75) is 150 Å². The van der Waals surface area contributed by atoms with E-state index in [-0.39, 0.29) is 24.5 Å². The van der Waals surface area contributed by atoms with Gasteiger partial charge in [-0.25, -0.2) is 4.79 Å². The molecule has 2 unspecified atom stereocenters. The van der Waals surface area contributed by atoms with E-state index in [4.69, 9.17) is 23.7 Å². The summed E-state index contributed by atoms with van der Waals surface area (Å²) in [4.78, 5) is 27.2. The molecule has 84 heavy (non-hydrogen) atoms. The first kappa shape index (κ1) is 63.4. The summed E-state index contributed by atoms with van der Waals surface area (Å²) in [6.07, 6.45) is 18.5. The lowest BCUT2D eigenvalue weighted by Gasteiger charge is -2.35. The molecule has 8 rings (SSSR count). The van der Waals surface area contributed by atoms with Crippen LogP contribution in [-0.4, -0.2) is 77.3 Å². The molecule has 7 aromatic rings. The summed E-state index contributed by atoms with van der Waals surface area (Å²) in [5, 5.41) is 26.7. The molecule has 0 heterocycles. The summed E-state index contributed by atoms with van der Waals surface area (Å²) < 4.78 is 28.6. The molecule has 9 nitrogen and oxygen atoms in total. The van der Waals surface area contributed by atoms with Crippen molar-refractivity contribution < 1.29 is 38.4 Å². The lowest BCUT2D eigenvalue weighted by molar-refractivity contribution is 0.0178. The topological polar surface area (TPSA) is 124 Å². The molecule has 0 spiro atoms. The zero-order valence-corrected chi connectivity index (χ0v) is 51.3. The van der Waals surface area contributed by atoms with E-state index < -0.39 is 11.4 Å². The van der Waals surface area contributed by atoms with E-state index in [0.29, 0.717) is 50.4 Å². The van der Waals surface area contributed by atoms with Gasteiger partial charge in [-0.2, -0.15) is 5.26 Å². The van der Waals surface area contributed by atoms with E-state index in [0.717, 1.165) is 158 Å². The Morgan fingerprint density at radius 2 is 1.17 bits per heavy atom. The number of carboxylic acids is 1. The number of ether oxygens (including phenoxy) is 5. The summed E-state index contributed by atoms with van der Waals surface area (Å²) in [5.74, 6) is -0.0812. The SMILES string of the molecule is CCCCCCC(CCCCCC)Cc1c(C#N)c2cc(C)ccc2c2ccc(-c3ccc4c(c3)C(c3ccc(CC(CCC)CCOCCC)c(C=O)c3)(c3ccc(OCCOCCOCCOC)c(C(=O)O)c3)c3cc(C)ccc3-4)cc12. The first-order valence-corrected chi connectivity index (χ1v) is 31.5. The van der Waals surface area contributed by atoms with E-state index in [1.807, 2.05) is 6.07 Å². The van der Waals surface area contributed by atoms with Gasteiger partial charge in [0.25, 0.3) is 0 Å². The van der Waals surface area contributed by atoms with Gasteiger partial charge in [0.2, 0.25) is 0 Å². The summed E-state index contributed by atoms with van der Waals surface area (Å²) in [6, 6.07) is 41.4. The van der Waals surface area contributed by atoms with Gasteiger partial charge >= 0.3 is 5.97 Å². The van der Waals surface area contributed by atoms with Gasteiger partial charge in [-0.05, 0) is 153 Å². The van der Waals surface area contributed by atoms with Gasteiger partial charge in [-0.15, -0.1) is 0 Å². The lowest BCUT2D eigenvalue weighted by Crippen LogP contribution is -2.29. The van der Waals surface area contributed by atoms with Crippen molar-refractivity contribution in [2.24, 2.45) is 11.8 Å². The lowest BCUT2D eigenvalue weighted by atomic mass is 9.66. The van der Waals surface area contributed by atoms with Crippen LogP contribution in [0.25, 0.3) is 43.8 Å². The number of aldehydes is 1. The molecular weight excluding hydrogens is 1040 g/mol. The Bertz CT molecular complexity index is 3360. The highest BCUT2D eigenvalue weighted by molar-refractivity contribution is 6.13. The average molecular weight is 1130 g/mol. The van der Waals surface area contributed by atoms with Crippen LogP contribution in [0.15, 0.2) is 109 Å². The van der Waals surface area contributed by atoms with E-state index in [1.54, 1.807) is 19.2 Å². The van der Waals surface area contributed by atoms with E-state index >= 15 is 0 Å². The second kappa shape index (κ2) is 31.5. The third-order valence-electron chi connectivity index (χ3n) is 17.4. The summed E-state index contributed by atoms with van der Waals surface area (Å²) >= 11 is 0. The molecule has 0 aromatic heterocycles. The highest BCUT2D eigenvalue weighted by Crippen LogP contribution is 2.58. The molecular formula is C75H91NO8. The Morgan fingerprint density at radius 3 is 1.86 bits per heavy atom. The standard InChI is InChI=1S/C75H91NO8/c1-8-12-14-16-19-55(20-17-15-13-9-2)45-67-68-47-57(24-30-63(68)62-28-21-52(5)42-66(62)70(67)50-76)58-25-31-65-64-29-22-53(6)43-71(64)75(72(65)48-58,60-26-23-56(59(46-60)51-77)44-54(18-10-3)33-35-81-34-11-4)61-27-32-73(69(49-61)74(78)79)84-41-40-83-39-38-82-37-36-80-7/h21-32,42-43,46-49,51,54-55H,8-20,33-41,44-45H2,1-7H3,(H,78,79). The number of nitriles is 1. The Kier molecular flexibility index (Phi) is 23.7. The van der Waals surface area contributed by atoms with E-state index in [1.165, 1.54) is 51.4 Å². The maximum Gasteiger partial charge on any atom is 0.339 e. The third kappa shape index (κ3) is 14.9. The summed E-state index contributed by atoms with van der Waals surface area (Å²) in [6.45, 7) is 16.6. The minimum absolute atomic E-state index is 0.0281. The van der Waals surface area contributed by atoms with Crippen molar-refractivity contribution in [3.63, 3.8) is 0 Å². The van der Waals surface area contributed by atoms with Gasteiger partial charge in [-0.3, -0.25) is 4.79 Å². The fourth-order valence-corrected chi connectivity index (χ4v) is 13.1. The Morgan fingerprint density at radius 1 is 0.560 bits per heavy atom. The minimum atomic E-state index is -1.12. The van der Waals surface area contributed by atoms with Crippen LogP contribution in [0.1, 0.15) is 188 Å². The minimum Gasteiger partial charge on any atom is -0.490 e. The fraction of sp³-hybridized carbons (Fsp3) is 0.453. The summed E-state index contributed by atoms with van der Waals surface area (Å²) in [5.41, 5.74) is 12.4. The second-order valence-corrected chi connectivity index (χ2v) is 23.5. The quantitative estimate of drug-likeness (QED) is 0.0232. The zero-order valence-electron chi connectivity index (χ0n) is 51.3. The van der Waals surface area contributed by atoms with Gasteiger partial charge in [0.15, 0.2) is 0 Å². The van der Waals surface area contributed by atoms with Crippen LogP contribution >= 0.6 is 0 Å². The molecule has 9 heteroatoms. The van der Waals surface area contributed by atoms with Crippen LogP contribution in [0, 0.1) is 37.0 Å². The molecule has 1 aliphatic rings. The van der Waals surface area contributed by atoms with Crippen molar-refractivity contribution in [3.05, 3.63) is 170 Å². The van der Waals surface area contributed by atoms with Crippen LogP contribution < -0.4 is 4.74 Å². The number of carbonyl (C=O) groups is 2. The van der Waals surface area contributed by atoms with Gasteiger partial charge in [0, 0.05) is 31.3 Å². The maximum atomic E-state index is 13.6. The number of hydrogen-bond acceptors (Lipinski definition) is 8. The van der Waals surface area contributed by atoms with Gasteiger partial charge in [0.05, 0.1) is 44.0 Å². The largest absolute Gasteiger partial charge is 0.490 e. The second-order valence-electron chi connectivity index (χ2n) is 23.5. The Hall–Kier alpha value is -6.67. The van der Waals surface area contributed by atoms with Gasteiger partial charge in [0.1, 0.15) is 30.3 Å². The molecule has 0 saturated carbocycles. The third-order valence-corrected chi connectivity index (χ3v) is 17.4. The molecule has 0 radical (unpaired) electrons. The van der Waals surface area contributed by atoms with Crippen LogP contribution in [0.4, 0.5) is 0 Å². The van der Waals surface area contributed by atoms with E-state index in [2.05, 4.69) is 139 Å². The molecule has 1 N–H and O–H groups in total. The number of aromatic carboxylic acids is 1. The highest BCUT2D eigenvalue weighted by Gasteiger charge is 2.47. The maximum absolute atomic E-state index is 13.6. The Balaban J connectivity index is 1.31. The smallest absolute Gasteiger partial charge is 0.339 e. The molecule has 0 fully saturated rings. The number of rotatable bonds is 36. The van der Waals surface area contributed by atoms with Crippen molar-refractivity contribution in [1.82, 2.24) is 0 Å². The molecule has 1 aliphatic carbocycles. The molecule has 2 atom stereocenters. The van der Waals surface area contributed by atoms with Gasteiger partial charge in [-0.1, -0.05) is 195 Å². The number of methoxy groups -OCH3 is 1. The van der Waals surface area contributed by atoms with Crippen LogP contribution in [0.2, 0.25) is 0 Å². The van der Waals surface area contributed by atoms with Crippen molar-refractivity contribution in [3.8, 4) is 34.1 Å². The number of unbranched alkanes of at least 4 members (excludes halogenated alkanes) is 6. The van der Waals surface area contributed by atoms with Crippen LogP contribution in [0.3, 0.4) is 0 Å². The number of hydrogen-bond donors (Lipinski definition) is 1. The molecule has 0 aliphatic heterocycles. The Labute approximate surface area is 501 Å². The highest BCUT2D eigenvalue weighted by atomic mass is 16.6. The monoisotopic (exact) mass is 1130 g/mol. The zero-order chi connectivity index (χ0) is 59.4. The number of fused-ring (bicyclic) bond motifs is 6. The fourth-order valence-electron chi connectivity index (χ4n) is 13.1. The molecule has 444 valence electrons. The van der Waals surface area contributed by atoms with E-state index in [9.17, 15) is 20.0 Å². The van der Waals surface area contributed by atoms with Crippen molar-refractivity contribution in [1.29, 1.82) is 5.26 Å². The number of benzene rings is 7. The van der Waals surface area contributed by atoms with Crippen molar-refractivity contribution in [2.75, 3.05) is 60.0 Å². The molecule has 7 aromatic carbocycles.